The van der Waals surface area contributed by atoms with E-state index in [1.807, 2.05) is 18.2 Å². The van der Waals surface area contributed by atoms with Gasteiger partial charge in [0.05, 0.1) is 0 Å². The summed E-state index contributed by atoms with van der Waals surface area (Å²) in [5.74, 6) is -2.12. The van der Waals surface area contributed by atoms with E-state index in [2.05, 4.69) is 12.1 Å². The molecule has 11 heteroatoms. The number of esters is 3. The summed E-state index contributed by atoms with van der Waals surface area (Å²) < 4.78 is 30.0. The zero-order valence-corrected chi connectivity index (χ0v) is 22.9. The first-order valence-corrected chi connectivity index (χ1v) is 14.2. The van der Waals surface area contributed by atoms with E-state index in [0.717, 1.165) is 0 Å². The minimum absolute atomic E-state index is 0.0161. The van der Waals surface area contributed by atoms with Gasteiger partial charge in [0.25, 0.3) is 0 Å². The van der Waals surface area contributed by atoms with E-state index in [1.165, 1.54) is 25.2 Å². The number of fused-ring (bicyclic) bond motifs is 2. The van der Waals surface area contributed by atoms with Crippen LogP contribution < -0.4 is 4.46 Å². The molecule has 3 aliphatic rings. The Morgan fingerprint density at radius 1 is 0.917 bits per heavy atom. The Morgan fingerprint density at radius 3 is 2.08 bits per heavy atom. The molecule has 3 saturated heterocycles. The second-order valence-corrected chi connectivity index (χ2v) is 12.5. The summed E-state index contributed by atoms with van der Waals surface area (Å²) in [7, 11) is 0. The van der Waals surface area contributed by atoms with Crippen molar-refractivity contribution < 1.29 is 43.2 Å². The van der Waals surface area contributed by atoms with Crippen molar-refractivity contribution in [2.75, 3.05) is 0 Å². The van der Waals surface area contributed by atoms with Gasteiger partial charge in [-0.3, -0.25) is 0 Å². The Labute approximate surface area is 221 Å². The topological polar surface area (TPSA) is 118 Å². The third-order valence-electron chi connectivity index (χ3n) is 6.76. The molecule has 0 saturated carbocycles. The van der Waals surface area contributed by atoms with Crippen LogP contribution in [0.3, 0.4) is 0 Å². The molecule has 36 heavy (non-hydrogen) atoms. The summed E-state index contributed by atoms with van der Waals surface area (Å²) in [5.41, 5.74) is 0. The fraction of sp³-hybridized carbons (Fsp3) is 0.640. The predicted molar refractivity (Wildman–Crippen MR) is 129 cm³/mol. The Bertz CT molecular complexity index is 962. The van der Waals surface area contributed by atoms with Gasteiger partial charge in [0.15, 0.2) is 0 Å². The summed E-state index contributed by atoms with van der Waals surface area (Å²) in [6.45, 7) is 5.41. The fourth-order valence-electron chi connectivity index (χ4n) is 5.38. The number of benzene rings is 1. The second kappa shape index (κ2) is 11.4. The van der Waals surface area contributed by atoms with Crippen LogP contribution in [0.1, 0.15) is 34.1 Å². The minimum atomic E-state index is -1.06. The first kappa shape index (κ1) is 27.4. The second-order valence-electron chi connectivity index (χ2n) is 9.40. The molecule has 0 aromatic heterocycles. The van der Waals surface area contributed by atoms with Crippen molar-refractivity contribution in [2.24, 2.45) is 5.92 Å². The number of rotatable bonds is 7. The molecule has 0 aliphatic carbocycles. The number of hydrogen-bond acceptors (Lipinski definition) is 9. The van der Waals surface area contributed by atoms with Crippen molar-refractivity contribution in [1.82, 2.24) is 0 Å². The maximum absolute atomic E-state index is 12.0. The van der Waals surface area contributed by atoms with E-state index in [9.17, 15) is 19.5 Å². The van der Waals surface area contributed by atoms with Gasteiger partial charge in [-0.2, -0.15) is 0 Å². The van der Waals surface area contributed by atoms with Crippen LogP contribution in [-0.2, 0) is 38.1 Å². The van der Waals surface area contributed by atoms with Gasteiger partial charge in [-0.25, -0.2) is 0 Å². The van der Waals surface area contributed by atoms with Crippen molar-refractivity contribution >= 4 is 48.9 Å². The first-order valence-electron chi connectivity index (χ1n) is 11.9. The van der Waals surface area contributed by atoms with Crippen molar-refractivity contribution in [2.45, 2.75) is 93.1 Å². The molecule has 4 rings (SSSR count). The van der Waals surface area contributed by atoms with E-state index in [-0.39, 0.29) is 43.6 Å². The number of aliphatic hydroxyl groups excluding tert-OH is 1. The third-order valence-corrected chi connectivity index (χ3v) is 10.5. The SMILES string of the molecule is CC(=O)O[C@@H]1[C@H](OC(C)=O)[C@H](C)O[C@@H](C[C@@H]2[C@H](O)[C@H]3O[C@@H]2[C@H]([Se]c2ccccc2)[C@H]3Cl)[C@H]1OC(C)=O. The average molecular weight is 590 g/mol. The van der Waals surface area contributed by atoms with Gasteiger partial charge < -0.3 is 0 Å². The molecule has 2 bridgehead atoms. The molecule has 0 unspecified atom stereocenters. The standard InChI is InChI=1S/C25H31ClO9Se/c1-11-20(32-12(2)27)24(34-14(4)29)22(33-13(3)28)17(31-11)10-16-19(30)23-18(26)25(21(16)35-23)36-15-8-6-5-7-9-15/h5-9,11,16-25,30H,10H2,1-4H3/t11-,16+,17-,18-,19-,20+,21-,22+,23-,24+,25+/m0/s1. The van der Waals surface area contributed by atoms with Crippen LogP contribution in [0.4, 0.5) is 0 Å². The molecule has 11 atom stereocenters. The van der Waals surface area contributed by atoms with Crippen molar-refractivity contribution in [3.8, 4) is 0 Å². The van der Waals surface area contributed by atoms with E-state index in [4.69, 9.17) is 35.3 Å². The zero-order valence-electron chi connectivity index (χ0n) is 20.4. The molecule has 3 aliphatic heterocycles. The molecule has 3 heterocycles. The molecule has 0 radical (unpaired) electrons. The summed E-state index contributed by atoms with van der Waals surface area (Å²) in [4.78, 5) is 35.7. The number of ether oxygens (including phenoxy) is 5. The summed E-state index contributed by atoms with van der Waals surface area (Å²) >= 11 is 6.74. The normalized spacial score (nSPS) is 39.4. The number of hydrogen-bond donors (Lipinski definition) is 1. The van der Waals surface area contributed by atoms with E-state index in [0.29, 0.717) is 0 Å². The number of aliphatic hydroxyl groups is 1. The Morgan fingerprint density at radius 2 is 1.50 bits per heavy atom. The quantitative estimate of drug-likeness (QED) is 0.216. The van der Waals surface area contributed by atoms with Gasteiger partial charge in [0.2, 0.25) is 0 Å². The van der Waals surface area contributed by atoms with Crippen LogP contribution in [0.25, 0.3) is 0 Å². The van der Waals surface area contributed by atoms with Crippen LogP contribution >= 0.6 is 11.6 Å². The summed E-state index contributed by atoms with van der Waals surface area (Å²) in [5, 5.41) is 10.7. The van der Waals surface area contributed by atoms with Crippen LogP contribution in [0.2, 0.25) is 4.82 Å². The molecule has 1 aromatic carbocycles. The Balaban J connectivity index is 1.58. The van der Waals surface area contributed by atoms with E-state index in [1.54, 1.807) is 6.92 Å². The Hall–Kier alpha value is -1.68. The average Bonchev–Trinajstić information content (AvgIpc) is 3.28. The number of halogens is 1. The van der Waals surface area contributed by atoms with Crippen molar-refractivity contribution in [1.29, 1.82) is 0 Å². The van der Waals surface area contributed by atoms with Gasteiger partial charge in [-0.05, 0) is 0 Å². The van der Waals surface area contributed by atoms with Gasteiger partial charge in [0.1, 0.15) is 0 Å². The summed E-state index contributed by atoms with van der Waals surface area (Å²) in [6, 6.07) is 10.0. The van der Waals surface area contributed by atoms with Crippen LogP contribution in [0, 0.1) is 5.92 Å². The number of alkyl halides is 1. The molecule has 198 valence electrons. The molecule has 0 spiro atoms. The van der Waals surface area contributed by atoms with Gasteiger partial charge in [-0.15, -0.1) is 0 Å². The third kappa shape index (κ3) is 5.74. The van der Waals surface area contributed by atoms with Crippen molar-refractivity contribution in [3.05, 3.63) is 30.3 Å². The predicted octanol–water partition coefficient (Wildman–Crippen LogP) is 1.14. The first-order chi connectivity index (χ1) is 17.1. The molecular formula is C25H31ClO9Se. The van der Waals surface area contributed by atoms with Crippen LogP contribution in [0.5, 0.6) is 0 Å². The van der Waals surface area contributed by atoms with Gasteiger partial charge >= 0.3 is 221 Å². The molecular weight excluding hydrogens is 559 g/mol. The Kier molecular flexibility index (Phi) is 8.64. The zero-order chi connectivity index (χ0) is 26.1. The van der Waals surface area contributed by atoms with Crippen LogP contribution in [0.15, 0.2) is 30.3 Å². The molecule has 3 fully saturated rings. The van der Waals surface area contributed by atoms with E-state index < -0.39 is 60.6 Å². The van der Waals surface area contributed by atoms with Crippen molar-refractivity contribution in [3.63, 3.8) is 0 Å². The summed E-state index contributed by atoms with van der Waals surface area (Å²) in [6.07, 6.45) is -5.82. The van der Waals surface area contributed by atoms with Gasteiger partial charge in [-0.1, -0.05) is 0 Å². The van der Waals surface area contributed by atoms with Crippen LogP contribution in [-0.4, -0.2) is 92.2 Å². The molecule has 0 amide bonds. The monoisotopic (exact) mass is 590 g/mol. The fourth-order valence-corrected chi connectivity index (χ4v) is 8.76. The van der Waals surface area contributed by atoms with E-state index >= 15 is 0 Å². The maximum atomic E-state index is 12.0. The molecule has 9 nitrogen and oxygen atoms in total. The molecule has 1 aromatic rings. The number of carbonyl (C=O) groups excluding carboxylic acids is 3. The number of carbonyl (C=O) groups is 3. The molecule has 1 N–H and O–H groups in total. The van der Waals surface area contributed by atoms with Gasteiger partial charge in [0, 0.05) is 0 Å².